The zero-order valence-electron chi connectivity index (χ0n) is 10.7. The highest BCUT2D eigenvalue weighted by molar-refractivity contribution is 5.28. The number of aliphatic hydroxyl groups is 1. The van der Waals surface area contributed by atoms with Crippen molar-refractivity contribution < 1.29 is 13.9 Å². The molecule has 0 radical (unpaired) electrons. The molecule has 1 atom stereocenters. The van der Waals surface area contributed by atoms with Crippen LogP contribution in [0.25, 0.3) is 0 Å². The lowest BCUT2D eigenvalue weighted by molar-refractivity contribution is 0.151. The minimum Gasteiger partial charge on any atom is -0.388 e. The highest BCUT2D eigenvalue weighted by Crippen LogP contribution is 2.23. The molecule has 0 amide bonds. The molecule has 0 heterocycles. The first-order valence-corrected chi connectivity index (χ1v) is 6.18. The Morgan fingerprint density at radius 2 is 1.63 bits per heavy atom. The summed E-state index contributed by atoms with van der Waals surface area (Å²) in [7, 11) is 0. The molecule has 19 heavy (non-hydrogen) atoms. The van der Waals surface area contributed by atoms with Crippen LogP contribution in [0.4, 0.5) is 8.78 Å². The Bertz CT molecular complexity index is 535. The standard InChI is InChI=1S/C16H16F2O/c1-11-3-2-4-12(9-11)10-15(19)13-5-7-14(8-6-13)16(17)18/h2-9,15-16,19H,10H2,1H3. The molecule has 0 aliphatic rings. The zero-order chi connectivity index (χ0) is 13.8. The molecule has 1 N–H and O–H groups in total. The van der Waals surface area contributed by atoms with Crippen molar-refractivity contribution in [3.05, 3.63) is 70.8 Å². The fourth-order valence-corrected chi connectivity index (χ4v) is 2.04. The smallest absolute Gasteiger partial charge is 0.263 e. The van der Waals surface area contributed by atoms with E-state index in [0.717, 1.165) is 11.1 Å². The second kappa shape index (κ2) is 5.93. The van der Waals surface area contributed by atoms with Gasteiger partial charge in [0.1, 0.15) is 0 Å². The van der Waals surface area contributed by atoms with E-state index in [-0.39, 0.29) is 5.56 Å². The topological polar surface area (TPSA) is 20.2 Å². The van der Waals surface area contributed by atoms with Gasteiger partial charge in [0.25, 0.3) is 6.43 Å². The molecule has 0 bridgehead atoms. The second-order valence-corrected chi connectivity index (χ2v) is 4.68. The Morgan fingerprint density at radius 3 is 2.21 bits per heavy atom. The molecule has 1 nitrogen and oxygen atoms in total. The molecule has 0 aliphatic carbocycles. The lowest BCUT2D eigenvalue weighted by atomic mass is 9.99. The third-order valence-corrected chi connectivity index (χ3v) is 3.08. The van der Waals surface area contributed by atoms with Gasteiger partial charge in [-0.15, -0.1) is 0 Å². The molecule has 2 rings (SSSR count). The summed E-state index contributed by atoms with van der Waals surface area (Å²) in [5, 5.41) is 10.1. The molecular formula is C16H16F2O. The maximum atomic E-state index is 12.4. The van der Waals surface area contributed by atoms with E-state index in [1.165, 1.54) is 12.1 Å². The largest absolute Gasteiger partial charge is 0.388 e. The average Bonchev–Trinajstić information content (AvgIpc) is 2.39. The van der Waals surface area contributed by atoms with Crippen LogP contribution in [-0.2, 0) is 6.42 Å². The van der Waals surface area contributed by atoms with Gasteiger partial charge in [0.2, 0.25) is 0 Å². The molecule has 0 aromatic heterocycles. The molecule has 100 valence electrons. The van der Waals surface area contributed by atoms with Gasteiger partial charge < -0.3 is 5.11 Å². The lowest BCUT2D eigenvalue weighted by Crippen LogP contribution is -2.02. The van der Waals surface area contributed by atoms with Crippen molar-refractivity contribution in [2.24, 2.45) is 0 Å². The van der Waals surface area contributed by atoms with Crippen molar-refractivity contribution >= 4 is 0 Å². The maximum Gasteiger partial charge on any atom is 0.263 e. The summed E-state index contributed by atoms with van der Waals surface area (Å²) in [6.07, 6.45) is -2.66. The first-order chi connectivity index (χ1) is 9.06. The van der Waals surface area contributed by atoms with E-state index in [2.05, 4.69) is 0 Å². The van der Waals surface area contributed by atoms with Gasteiger partial charge in [0.05, 0.1) is 6.10 Å². The van der Waals surface area contributed by atoms with Gasteiger partial charge in [-0.25, -0.2) is 8.78 Å². The van der Waals surface area contributed by atoms with Crippen molar-refractivity contribution in [3.63, 3.8) is 0 Å². The molecule has 2 aromatic rings. The predicted molar refractivity (Wildman–Crippen MR) is 71.2 cm³/mol. The summed E-state index contributed by atoms with van der Waals surface area (Å²) in [4.78, 5) is 0. The van der Waals surface area contributed by atoms with Gasteiger partial charge >= 0.3 is 0 Å². The summed E-state index contributed by atoms with van der Waals surface area (Å²) >= 11 is 0. The van der Waals surface area contributed by atoms with Gasteiger partial charge in [-0.3, -0.25) is 0 Å². The zero-order valence-corrected chi connectivity index (χ0v) is 10.7. The van der Waals surface area contributed by atoms with Crippen LogP contribution in [-0.4, -0.2) is 5.11 Å². The van der Waals surface area contributed by atoms with E-state index in [9.17, 15) is 13.9 Å². The van der Waals surface area contributed by atoms with Crippen molar-refractivity contribution in [2.75, 3.05) is 0 Å². The summed E-state index contributed by atoms with van der Waals surface area (Å²) < 4.78 is 24.9. The average molecular weight is 262 g/mol. The summed E-state index contributed by atoms with van der Waals surface area (Å²) in [6.45, 7) is 1.99. The van der Waals surface area contributed by atoms with Crippen LogP contribution in [0, 0.1) is 6.92 Å². The fourth-order valence-electron chi connectivity index (χ4n) is 2.04. The van der Waals surface area contributed by atoms with Crippen LogP contribution in [0.3, 0.4) is 0 Å². The molecule has 3 heteroatoms. The first-order valence-electron chi connectivity index (χ1n) is 6.18. The molecule has 0 fully saturated rings. The first kappa shape index (κ1) is 13.7. The molecule has 0 saturated carbocycles. The van der Waals surface area contributed by atoms with Crippen molar-refractivity contribution in [1.82, 2.24) is 0 Å². The minimum absolute atomic E-state index is 0.0218. The number of rotatable bonds is 4. The number of aryl methyl sites for hydroxylation is 1. The van der Waals surface area contributed by atoms with Crippen molar-refractivity contribution in [2.45, 2.75) is 25.9 Å². The van der Waals surface area contributed by atoms with Crippen LogP contribution < -0.4 is 0 Å². The number of hydrogen-bond donors (Lipinski definition) is 1. The van der Waals surface area contributed by atoms with E-state index >= 15 is 0 Å². The van der Waals surface area contributed by atoms with Crippen molar-refractivity contribution in [3.8, 4) is 0 Å². The Kier molecular flexibility index (Phi) is 4.27. The van der Waals surface area contributed by atoms with Crippen LogP contribution in [0.5, 0.6) is 0 Å². The van der Waals surface area contributed by atoms with E-state index < -0.39 is 12.5 Å². The quantitative estimate of drug-likeness (QED) is 0.875. The Morgan fingerprint density at radius 1 is 1.00 bits per heavy atom. The predicted octanol–water partition coefficient (Wildman–Crippen LogP) is 4.21. The third kappa shape index (κ3) is 3.61. The molecule has 0 spiro atoms. The monoisotopic (exact) mass is 262 g/mol. The lowest BCUT2D eigenvalue weighted by Gasteiger charge is -2.12. The molecule has 2 aromatic carbocycles. The second-order valence-electron chi connectivity index (χ2n) is 4.68. The molecular weight excluding hydrogens is 246 g/mol. The summed E-state index contributed by atoms with van der Waals surface area (Å²) in [5.41, 5.74) is 2.81. The van der Waals surface area contributed by atoms with E-state index in [1.54, 1.807) is 12.1 Å². The van der Waals surface area contributed by atoms with Crippen LogP contribution in [0.1, 0.15) is 34.8 Å². The van der Waals surface area contributed by atoms with Gasteiger partial charge in [-0.2, -0.15) is 0 Å². The van der Waals surface area contributed by atoms with Gasteiger partial charge in [0, 0.05) is 12.0 Å². The van der Waals surface area contributed by atoms with Crippen LogP contribution >= 0.6 is 0 Å². The van der Waals surface area contributed by atoms with Gasteiger partial charge in [0.15, 0.2) is 0 Å². The molecule has 1 unspecified atom stereocenters. The summed E-state index contributed by atoms with van der Waals surface area (Å²) in [5.74, 6) is 0. The van der Waals surface area contributed by atoms with E-state index in [4.69, 9.17) is 0 Å². The Balaban J connectivity index is 2.09. The number of aliphatic hydroxyl groups excluding tert-OH is 1. The van der Waals surface area contributed by atoms with Gasteiger partial charge in [-0.05, 0) is 18.1 Å². The third-order valence-electron chi connectivity index (χ3n) is 3.08. The minimum atomic E-state index is -2.47. The number of halogens is 2. The van der Waals surface area contributed by atoms with E-state index in [1.807, 2.05) is 31.2 Å². The highest BCUT2D eigenvalue weighted by atomic mass is 19.3. The number of benzene rings is 2. The Labute approximate surface area is 111 Å². The van der Waals surface area contributed by atoms with Crippen LogP contribution in [0.2, 0.25) is 0 Å². The number of alkyl halides is 2. The van der Waals surface area contributed by atoms with Gasteiger partial charge in [-0.1, -0.05) is 54.1 Å². The number of hydrogen-bond acceptors (Lipinski definition) is 1. The SMILES string of the molecule is Cc1cccc(CC(O)c2ccc(C(F)F)cc2)c1. The normalized spacial score (nSPS) is 12.7. The fraction of sp³-hybridized carbons (Fsp3) is 0.250. The Hall–Kier alpha value is -1.74. The van der Waals surface area contributed by atoms with Crippen molar-refractivity contribution in [1.29, 1.82) is 0 Å². The van der Waals surface area contributed by atoms with E-state index in [0.29, 0.717) is 12.0 Å². The van der Waals surface area contributed by atoms with Crippen LogP contribution in [0.15, 0.2) is 48.5 Å². The molecule has 0 saturated heterocycles. The summed E-state index contributed by atoms with van der Waals surface area (Å²) in [6, 6.07) is 13.7. The maximum absolute atomic E-state index is 12.4. The molecule has 0 aliphatic heterocycles. The highest BCUT2D eigenvalue weighted by Gasteiger charge is 2.11.